The highest BCUT2D eigenvalue weighted by atomic mass is 35.5. The van der Waals surface area contributed by atoms with E-state index in [2.05, 4.69) is 0 Å². The molecule has 1 heterocycles. The van der Waals surface area contributed by atoms with E-state index in [4.69, 9.17) is 5.73 Å². The average molecular weight is 341 g/mol. The number of likely N-dealkylation sites (tertiary alicyclic amines) is 1. The molecule has 1 fully saturated rings. The van der Waals surface area contributed by atoms with Gasteiger partial charge in [0.15, 0.2) is 0 Å². The molecule has 0 amide bonds. The third-order valence-corrected chi connectivity index (χ3v) is 3.95. The van der Waals surface area contributed by atoms with E-state index in [1.807, 2.05) is 4.90 Å². The maximum atomic E-state index is 13.1. The van der Waals surface area contributed by atoms with Gasteiger partial charge < -0.3 is 5.73 Å². The van der Waals surface area contributed by atoms with E-state index in [-0.39, 0.29) is 24.5 Å². The van der Waals surface area contributed by atoms with E-state index in [1.54, 1.807) is 0 Å². The minimum absolute atomic E-state index is 0. The molecule has 1 aromatic rings. The van der Waals surface area contributed by atoms with Crippen LogP contribution in [0.5, 0.6) is 0 Å². The van der Waals surface area contributed by atoms with Gasteiger partial charge in [0.1, 0.15) is 5.82 Å². The quantitative estimate of drug-likeness (QED) is 0.844. The van der Waals surface area contributed by atoms with Gasteiger partial charge in [-0.3, -0.25) is 4.90 Å². The minimum atomic E-state index is -4.52. The second kappa shape index (κ2) is 8.13. The predicted octanol–water partition coefficient (Wildman–Crippen LogP) is 3.83. The molecule has 2 N–H and O–H groups in total. The standard InChI is InChI=1S/C15H20F4N2.ClH/c16-13-4-3-12(14(8-13)15(17,18)19)10-21-7-1-2-11(9-21)5-6-20;/h3-4,8,11H,1-2,5-7,9-10,20H2;1H. The first kappa shape index (κ1) is 19.2. The number of hydrogen-bond acceptors (Lipinski definition) is 2. The molecule has 1 unspecified atom stereocenters. The van der Waals surface area contributed by atoms with Crippen molar-refractivity contribution >= 4 is 12.4 Å². The van der Waals surface area contributed by atoms with Crippen molar-refractivity contribution in [2.75, 3.05) is 19.6 Å². The van der Waals surface area contributed by atoms with Crippen molar-refractivity contribution in [3.63, 3.8) is 0 Å². The average Bonchev–Trinajstić information content (AvgIpc) is 2.40. The van der Waals surface area contributed by atoms with E-state index in [9.17, 15) is 17.6 Å². The Morgan fingerprint density at radius 2 is 2.00 bits per heavy atom. The summed E-state index contributed by atoms with van der Waals surface area (Å²) in [7, 11) is 0. The Morgan fingerprint density at radius 1 is 1.27 bits per heavy atom. The molecule has 126 valence electrons. The Bertz CT molecular complexity index is 477. The molecule has 2 rings (SSSR count). The molecule has 7 heteroatoms. The SMILES string of the molecule is Cl.NCCC1CCCN(Cc2ccc(F)cc2C(F)(F)F)C1. The van der Waals surface area contributed by atoms with Crippen LogP contribution in [-0.2, 0) is 12.7 Å². The lowest BCUT2D eigenvalue weighted by Gasteiger charge is -2.33. The maximum absolute atomic E-state index is 13.1. The molecule has 2 nitrogen and oxygen atoms in total. The van der Waals surface area contributed by atoms with Crippen molar-refractivity contribution in [3.05, 3.63) is 35.1 Å². The van der Waals surface area contributed by atoms with Crippen LogP contribution in [0.3, 0.4) is 0 Å². The summed E-state index contributed by atoms with van der Waals surface area (Å²) in [6, 6.07) is 2.91. The Morgan fingerprint density at radius 3 is 2.64 bits per heavy atom. The van der Waals surface area contributed by atoms with Crippen molar-refractivity contribution in [2.45, 2.75) is 32.0 Å². The van der Waals surface area contributed by atoms with Gasteiger partial charge in [0, 0.05) is 13.1 Å². The van der Waals surface area contributed by atoms with Crippen LogP contribution >= 0.6 is 12.4 Å². The lowest BCUT2D eigenvalue weighted by atomic mass is 9.94. The molecular weight excluding hydrogens is 320 g/mol. The Labute approximate surface area is 134 Å². The second-order valence-electron chi connectivity index (χ2n) is 5.62. The topological polar surface area (TPSA) is 29.3 Å². The Kier molecular flexibility index (Phi) is 7.09. The van der Waals surface area contributed by atoms with Crippen LogP contribution in [0.4, 0.5) is 17.6 Å². The molecule has 0 aliphatic carbocycles. The number of halogens is 5. The molecule has 22 heavy (non-hydrogen) atoms. The summed E-state index contributed by atoms with van der Waals surface area (Å²) < 4.78 is 52.0. The van der Waals surface area contributed by atoms with Gasteiger partial charge in [-0.1, -0.05) is 6.07 Å². The highest BCUT2D eigenvalue weighted by molar-refractivity contribution is 5.85. The summed E-state index contributed by atoms with van der Waals surface area (Å²) >= 11 is 0. The number of nitrogens with two attached hydrogens (primary N) is 1. The van der Waals surface area contributed by atoms with Gasteiger partial charge in [0.25, 0.3) is 0 Å². The van der Waals surface area contributed by atoms with E-state index in [0.29, 0.717) is 18.5 Å². The van der Waals surface area contributed by atoms with Crippen LogP contribution in [-0.4, -0.2) is 24.5 Å². The summed E-state index contributed by atoms with van der Waals surface area (Å²) in [4.78, 5) is 2.01. The predicted molar refractivity (Wildman–Crippen MR) is 80.3 cm³/mol. The first-order valence-electron chi connectivity index (χ1n) is 7.18. The van der Waals surface area contributed by atoms with E-state index < -0.39 is 17.6 Å². The largest absolute Gasteiger partial charge is 0.416 e. The summed E-state index contributed by atoms with van der Waals surface area (Å²) in [5.41, 5.74) is 4.81. The number of alkyl halides is 3. The molecule has 0 bridgehead atoms. The molecule has 1 aliphatic heterocycles. The second-order valence-corrected chi connectivity index (χ2v) is 5.62. The number of piperidine rings is 1. The molecule has 0 saturated carbocycles. The van der Waals surface area contributed by atoms with Crippen molar-refractivity contribution in [2.24, 2.45) is 11.7 Å². The number of nitrogens with zero attached hydrogens (tertiary/aromatic N) is 1. The Hall–Kier alpha value is -0.850. The third-order valence-electron chi connectivity index (χ3n) is 3.95. The smallest absolute Gasteiger partial charge is 0.330 e. The zero-order valence-electron chi connectivity index (χ0n) is 12.2. The first-order chi connectivity index (χ1) is 9.90. The van der Waals surface area contributed by atoms with Gasteiger partial charge in [-0.25, -0.2) is 4.39 Å². The normalized spacial score (nSPS) is 19.8. The van der Waals surface area contributed by atoms with E-state index in [1.165, 1.54) is 6.07 Å². The first-order valence-corrected chi connectivity index (χ1v) is 7.18. The van der Waals surface area contributed by atoms with Crippen LogP contribution in [0.1, 0.15) is 30.4 Å². The highest BCUT2D eigenvalue weighted by Crippen LogP contribution is 2.33. The summed E-state index contributed by atoms with van der Waals surface area (Å²) in [6.45, 7) is 2.33. The number of benzene rings is 1. The van der Waals surface area contributed by atoms with Crippen molar-refractivity contribution in [1.82, 2.24) is 4.90 Å². The molecule has 0 spiro atoms. The van der Waals surface area contributed by atoms with Crippen molar-refractivity contribution < 1.29 is 17.6 Å². The van der Waals surface area contributed by atoms with Crippen LogP contribution in [0.2, 0.25) is 0 Å². The summed E-state index contributed by atoms with van der Waals surface area (Å²) in [5.74, 6) is -0.413. The molecule has 0 aromatic heterocycles. The lowest BCUT2D eigenvalue weighted by Crippen LogP contribution is -2.36. The molecule has 1 aliphatic rings. The van der Waals surface area contributed by atoms with E-state index in [0.717, 1.165) is 38.4 Å². The minimum Gasteiger partial charge on any atom is -0.330 e. The third kappa shape index (κ3) is 5.11. The molecule has 0 radical (unpaired) electrons. The fourth-order valence-electron chi connectivity index (χ4n) is 2.96. The van der Waals surface area contributed by atoms with Gasteiger partial charge in [-0.15, -0.1) is 12.4 Å². The fourth-order valence-corrected chi connectivity index (χ4v) is 2.96. The van der Waals surface area contributed by atoms with Gasteiger partial charge in [0.05, 0.1) is 5.56 Å². The van der Waals surface area contributed by atoms with Gasteiger partial charge >= 0.3 is 6.18 Å². The van der Waals surface area contributed by atoms with Gasteiger partial charge in [-0.05, 0) is 56.0 Å². The van der Waals surface area contributed by atoms with Gasteiger partial charge in [0.2, 0.25) is 0 Å². The monoisotopic (exact) mass is 340 g/mol. The number of hydrogen-bond donors (Lipinski definition) is 1. The zero-order chi connectivity index (χ0) is 15.5. The zero-order valence-corrected chi connectivity index (χ0v) is 13.0. The number of rotatable bonds is 4. The van der Waals surface area contributed by atoms with Crippen molar-refractivity contribution in [3.8, 4) is 0 Å². The molecule has 1 saturated heterocycles. The van der Waals surface area contributed by atoms with Crippen LogP contribution in [0, 0.1) is 11.7 Å². The van der Waals surface area contributed by atoms with Crippen LogP contribution < -0.4 is 5.73 Å². The van der Waals surface area contributed by atoms with Crippen LogP contribution in [0.15, 0.2) is 18.2 Å². The lowest BCUT2D eigenvalue weighted by molar-refractivity contribution is -0.138. The summed E-state index contributed by atoms with van der Waals surface area (Å²) in [6.07, 6.45) is -1.59. The highest BCUT2D eigenvalue weighted by Gasteiger charge is 2.34. The summed E-state index contributed by atoms with van der Waals surface area (Å²) in [5, 5.41) is 0. The molecule has 1 atom stereocenters. The van der Waals surface area contributed by atoms with Crippen LogP contribution in [0.25, 0.3) is 0 Å². The van der Waals surface area contributed by atoms with E-state index >= 15 is 0 Å². The molecule has 1 aromatic carbocycles. The maximum Gasteiger partial charge on any atom is 0.416 e. The molecular formula is C15H21ClF4N2. The van der Waals surface area contributed by atoms with Gasteiger partial charge in [-0.2, -0.15) is 13.2 Å². The Balaban J connectivity index is 0.00000242. The van der Waals surface area contributed by atoms with Crippen molar-refractivity contribution in [1.29, 1.82) is 0 Å². The fraction of sp³-hybridized carbons (Fsp3) is 0.600.